The smallest absolute Gasteiger partial charge is 0.305 e. The second-order valence-electron chi connectivity index (χ2n) is 13.2. The van der Waals surface area contributed by atoms with Crippen molar-refractivity contribution >= 4 is 17.8 Å². The van der Waals surface area contributed by atoms with E-state index in [2.05, 4.69) is 6.07 Å². The fraction of sp³-hybridized carbons (Fsp3) is 0.349. The average molecular weight is 702 g/mol. The summed E-state index contributed by atoms with van der Waals surface area (Å²) in [6.45, 7) is 5.64. The van der Waals surface area contributed by atoms with Crippen LogP contribution in [0.1, 0.15) is 50.7 Å². The van der Waals surface area contributed by atoms with Gasteiger partial charge in [0.05, 0.1) is 25.0 Å². The first-order chi connectivity index (χ1) is 25.3. The lowest BCUT2D eigenvalue weighted by Crippen LogP contribution is -2.60. The van der Waals surface area contributed by atoms with Gasteiger partial charge in [-0.25, -0.2) is 0 Å². The van der Waals surface area contributed by atoms with Crippen LogP contribution in [0.5, 0.6) is 23.0 Å². The van der Waals surface area contributed by atoms with Crippen LogP contribution in [0.15, 0.2) is 109 Å². The fourth-order valence-corrected chi connectivity index (χ4v) is 7.04. The van der Waals surface area contributed by atoms with Gasteiger partial charge < -0.3 is 24.0 Å². The number of hydrogen-bond donors (Lipinski definition) is 0. The maximum Gasteiger partial charge on any atom is 0.305 e. The van der Waals surface area contributed by atoms with Crippen molar-refractivity contribution in [1.82, 2.24) is 9.80 Å². The molecule has 52 heavy (non-hydrogen) atoms. The highest BCUT2D eigenvalue weighted by Gasteiger charge is 2.58. The maximum absolute atomic E-state index is 14.6. The second-order valence-corrected chi connectivity index (χ2v) is 13.2. The van der Waals surface area contributed by atoms with Gasteiger partial charge in [0.2, 0.25) is 11.8 Å². The summed E-state index contributed by atoms with van der Waals surface area (Å²) < 4.78 is 16.9. The van der Waals surface area contributed by atoms with Crippen LogP contribution in [-0.2, 0) is 32.2 Å². The molecule has 0 N–H and O–H groups in total. The summed E-state index contributed by atoms with van der Waals surface area (Å²) in [6, 6.07) is 36.5. The van der Waals surface area contributed by atoms with Crippen molar-refractivity contribution in [3.05, 3.63) is 120 Å². The Morgan fingerprint density at radius 3 is 1.40 bits per heavy atom. The summed E-state index contributed by atoms with van der Waals surface area (Å²) in [5.41, 5.74) is 1.83. The Balaban J connectivity index is 1.36. The minimum atomic E-state index is -0.766. The number of esters is 1. The van der Waals surface area contributed by atoms with Crippen molar-refractivity contribution in [2.45, 2.75) is 52.6 Å². The summed E-state index contributed by atoms with van der Waals surface area (Å²) in [4.78, 5) is 45.3. The van der Waals surface area contributed by atoms with Crippen LogP contribution in [0, 0.1) is 35.0 Å². The monoisotopic (exact) mass is 701 g/mol. The molecule has 4 atom stereocenters. The quantitative estimate of drug-likeness (QED) is 0.102. The predicted octanol–water partition coefficient (Wildman–Crippen LogP) is 8.40. The Morgan fingerprint density at radius 2 is 1.02 bits per heavy atom. The van der Waals surface area contributed by atoms with Crippen LogP contribution in [0.2, 0.25) is 0 Å². The summed E-state index contributed by atoms with van der Waals surface area (Å²) in [5.74, 6) is -0.455. The highest BCUT2D eigenvalue weighted by molar-refractivity contribution is 5.91. The van der Waals surface area contributed by atoms with Crippen molar-refractivity contribution < 1.29 is 28.6 Å². The lowest BCUT2D eigenvalue weighted by atomic mass is 9.53. The molecule has 0 aliphatic heterocycles. The molecular formula is C43H47N3O6. The second kappa shape index (κ2) is 18.6. The Morgan fingerprint density at radius 1 is 0.615 bits per heavy atom. The van der Waals surface area contributed by atoms with Crippen LogP contribution in [0.3, 0.4) is 0 Å². The first-order valence-electron chi connectivity index (χ1n) is 18.0. The van der Waals surface area contributed by atoms with E-state index in [9.17, 15) is 19.6 Å². The number of nitriles is 1. The molecule has 0 spiro atoms. The van der Waals surface area contributed by atoms with E-state index >= 15 is 0 Å². The highest BCUT2D eigenvalue weighted by atomic mass is 16.5. The number of benzene rings is 4. The third-order valence-corrected chi connectivity index (χ3v) is 9.55. The van der Waals surface area contributed by atoms with Crippen molar-refractivity contribution in [3.8, 4) is 29.1 Å². The molecule has 0 unspecified atom stereocenters. The van der Waals surface area contributed by atoms with Crippen molar-refractivity contribution in [1.29, 1.82) is 5.26 Å². The van der Waals surface area contributed by atoms with Crippen molar-refractivity contribution in [2.75, 3.05) is 20.2 Å². The van der Waals surface area contributed by atoms with Gasteiger partial charge in [0.15, 0.2) is 0 Å². The largest absolute Gasteiger partial charge is 0.469 e. The molecule has 2 amide bonds. The number of rotatable bonds is 17. The Labute approximate surface area is 306 Å². The molecule has 0 saturated heterocycles. The standard InChI is InChI=1S/C43H47N3O6/c1-4-26-45(29-31-16-20-35(21-17-31)51-33-12-8-6-9-13-33)42(48)40-37(24-25-44)38(28-39(47)50-3)41(40)43(49)46(27-5-2)30-32-18-22-36(23-19-32)52-34-14-10-7-11-15-34/h6-23,37-38,40-41H,4-5,24,26-30H2,1-3H3/t37-,38-,40-,41-/m1/s1. The number of amides is 2. The molecule has 0 aromatic heterocycles. The molecule has 9 nitrogen and oxygen atoms in total. The number of nitrogens with zero attached hydrogens (tertiary/aromatic N) is 3. The van der Waals surface area contributed by atoms with Crippen LogP contribution < -0.4 is 9.47 Å². The van der Waals surface area contributed by atoms with Gasteiger partial charge >= 0.3 is 5.97 Å². The fourth-order valence-electron chi connectivity index (χ4n) is 7.04. The summed E-state index contributed by atoms with van der Waals surface area (Å²) in [5, 5.41) is 9.84. The molecule has 9 heteroatoms. The first-order valence-corrected chi connectivity index (χ1v) is 18.0. The van der Waals surface area contributed by atoms with Crippen LogP contribution in [0.4, 0.5) is 0 Å². The molecule has 1 saturated carbocycles. The van der Waals surface area contributed by atoms with Crippen LogP contribution >= 0.6 is 0 Å². The van der Waals surface area contributed by atoms with Gasteiger partial charge in [-0.15, -0.1) is 0 Å². The third kappa shape index (κ3) is 9.58. The van der Waals surface area contributed by atoms with E-state index in [1.165, 1.54) is 7.11 Å². The van der Waals surface area contributed by atoms with E-state index in [-0.39, 0.29) is 24.7 Å². The molecule has 4 aromatic carbocycles. The number of ether oxygens (including phenoxy) is 3. The molecule has 4 aromatic rings. The van der Waals surface area contributed by atoms with Crippen molar-refractivity contribution in [2.24, 2.45) is 23.7 Å². The molecule has 1 aliphatic rings. The zero-order valence-electron chi connectivity index (χ0n) is 30.1. The van der Waals surface area contributed by atoms with Gasteiger partial charge in [0, 0.05) is 39.0 Å². The van der Waals surface area contributed by atoms with E-state index in [1.807, 2.05) is 123 Å². The summed E-state index contributed by atoms with van der Waals surface area (Å²) >= 11 is 0. The normalized spacial score (nSPS) is 17.6. The van der Waals surface area contributed by atoms with Gasteiger partial charge in [-0.05, 0) is 84.3 Å². The summed E-state index contributed by atoms with van der Waals surface area (Å²) in [6.07, 6.45) is 1.45. The van der Waals surface area contributed by atoms with E-state index in [1.54, 1.807) is 9.80 Å². The van der Waals surface area contributed by atoms with Crippen molar-refractivity contribution in [3.63, 3.8) is 0 Å². The average Bonchev–Trinajstić information content (AvgIpc) is 3.16. The third-order valence-electron chi connectivity index (χ3n) is 9.55. The molecule has 270 valence electrons. The van der Waals surface area contributed by atoms with E-state index in [4.69, 9.17) is 14.2 Å². The topological polar surface area (TPSA) is 109 Å². The Hall–Kier alpha value is -5.62. The first kappa shape index (κ1) is 37.6. The molecule has 0 bridgehead atoms. The summed E-state index contributed by atoms with van der Waals surface area (Å²) in [7, 11) is 1.31. The highest BCUT2D eigenvalue weighted by Crippen LogP contribution is 2.52. The zero-order valence-corrected chi connectivity index (χ0v) is 30.1. The molecular weight excluding hydrogens is 654 g/mol. The van der Waals surface area contributed by atoms with Gasteiger partial charge in [-0.3, -0.25) is 14.4 Å². The SMILES string of the molecule is CCCN(Cc1ccc(Oc2ccccc2)cc1)C(=O)[C@@H]1[C@H](CC#N)[C@@H](CC(=O)OC)[C@H]1C(=O)N(CCC)Cc1ccc(Oc2ccccc2)cc1. The lowest BCUT2D eigenvalue weighted by Gasteiger charge is -2.51. The molecule has 1 fully saturated rings. The number of hydrogen-bond acceptors (Lipinski definition) is 7. The minimum absolute atomic E-state index is 0.0365. The van der Waals surface area contributed by atoms with Gasteiger partial charge in [0.25, 0.3) is 0 Å². The molecule has 0 heterocycles. The van der Waals surface area contributed by atoms with Gasteiger partial charge in [-0.1, -0.05) is 74.5 Å². The Bertz CT molecular complexity index is 1790. The molecule has 0 radical (unpaired) electrons. The van der Waals surface area contributed by atoms with E-state index in [0.29, 0.717) is 50.5 Å². The van der Waals surface area contributed by atoms with Gasteiger partial charge in [0.1, 0.15) is 23.0 Å². The van der Waals surface area contributed by atoms with Crippen LogP contribution in [0.25, 0.3) is 0 Å². The maximum atomic E-state index is 14.6. The molecule has 5 rings (SSSR count). The Kier molecular flexibility index (Phi) is 13.4. The minimum Gasteiger partial charge on any atom is -0.469 e. The molecule has 1 aliphatic carbocycles. The van der Waals surface area contributed by atoms with Crippen LogP contribution in [-0.4, -0.2) is 47.8 Å². The number of carbonyl (C=O) groups is 3. The number of methoxy groups -OCH3 is 1. The predicted molar refractivity (Wildman–Crippen MR) is 198 cm³/mol. The number of para-hydroxylation sites is 2. The van der Waals surface area contributed by atoms with E-state index < -0.39 is 29.6 Å². The van der Waals surface area contributed by atoms with E-state index in [0.717, 1.165) is 22.6 Å². The number of carbonyl (C=O) groups excluding carboxylic acids is 3. The zero-order chi connectivity index (χ0) is 36.9. The van der Waals surface area contributed by atoms with Gasteiger partial charge in [-0.2, -0.15) is 5.26 Å². The lowest BCUT2D eigenvalue weighted by molar-refractivity contribution is -0.171.